The van der Waals surface area contributed by atoms with Crippen LogP contribution in [0.5, 0.6) is 0 Å². The second kappa shape index (κ2) is 7.99. The molecule has 2 atom stereocenters. The van der Waals surface area contributed by atoms with Crippen molar-refractivity contribution in [3.8, 4) is 0 Å². The Morgan fingerprint density at radius 1 is 1.25 bits per heavy atom. The van der Waals surface area contributed by atoms with E-state index in [1.807, 2.05) is 19.9 Å². The quantitative estimate of drug-likeness (QED) is 0.407. The van der Waals surface area contributed by atoms with E-state index in [9.17, 15) is 4.79 Å². The van der Waals surface area contributed by atoms with E-state index in [2.05, 4.69) is 38.6 Å². The first-order valence-corrected chi connectivity index (χ1v) is 11.2. The largest absolute Gasteiger partial charge is 0.508 e. The molecule has 1 aliphatic rings. The number of hydrogen-bond donors (Lipinski definition) is 0. The smallest absolute Gasteiger partial charge is 0.438 e. The molecule has 0 unspecified atom stereocenters. The second-order valence-corrected chi connectivity index (χ2v) is 12.7. The normalized spacial score (nSPS) is 24.3. The Morgan fingerprint density at radius 3 is 2.42 bits per heavy atom. The maximum Gasteiger partial charge on any atom is 0.508 e. The van der Waals surface area contributed by atoms with Gasteiger partial charge in [-0.1, -0.05) is 26.8 Å². The fraction of sp³-hybridized carbons (Fsp3) is 0.824. The third-order valence-corrected chi connectivity index (χ3v) is 8.93. The molecule has 1 aliphatic heterocycles. The van der Waals surface area contributed by atoms with Gasteiger partial charge in [0.25, 0.3) is 0 Å². The Balaban J connectivity index is 2.63. The molecule has 0 aromatic rings. The van der Waals surface area contributed by atoms with Gasteiger partial charge in [-0.2, -0.15) is 0 Å². The highest BCUT2D eigenvalue weighted by Gasteiger charge is 2.43. The molecular formula is C17H32O6Si. The molecule has 1 fully saturated rings. The molecule has 1 heterocycles. The average molecular weight is 361 g/mol. The van der Waals surface area contributed by atoms with Crippen molar-refractivity contribution in [2.24, 2.45) is 0 Å². The van der Waals surface area contributed by atoms with Crippen molar-refractivity contribution in [2.45, 2.75) is 70.7 Å². The summed E-state index contributed by atoms with van der Waals surface area (Å²) in [6, 6.07) is 0. The molecule has 0 aliphatic carbocycles. The molecular weight excluding hydrogens is 328 g/mol. The van der Waals surface area contributed by atoms with Gasteiger partial charge in [0, 0.05) is 0 Å². The van der Waals surface area contributed by atoms with Crippen LogP contribution >= 0.6 is 0 Å². The van der Waals surface area contributed by atoms with Crippen molar-refractivity contribution in [3.63, 3.8) is 0 Å². The first kappa shape index (κ1) is 21.2. The summed E-state index contributed by atoms with van der Waals surface area (Å²) >= 11 is 0. The topological polar surface area (TPSA) is 63.2 Å². The van der Waals surface area contributed by atoms with E-state index in [1.54, 1.807) is 6.08 Å². The molecule has 0 spiro atoms. The molecule has 0 amide bonds. The van der Waals surface area contributed by atoms with Crippen molar-refractivity contribution in [3.05, 3.63) is 12.2 Å². The summed E-state index contributed by atoms with van der Waals surface area (Å²) in [7, 11) is -0.577. The Labute approximate surface area is 146 Å². The van der Waals surface area contributed by atoms with Gasteiger partial charge >= 0.3 is 6.16 Å². The SMILES string of the molecule is COC(=O)OC/C=C/[C@@H]1OC(C)(C)O[C@H]1CO[Si](C)(C)C(C)(C)C. The zero-order chi connectivity index (χ0) is 18.6. The summed E-state index contributed by atoms with van der Waals surface area (Å²) < 4.78 is 27.4. The van der Waals surface area contributed by atoms with E-state index in [0.717, 1.165) is 0 Å². The number of rotatable bonds is 6. The zero-order valence-corrected chi connectivity index (χ0v) is 17.2. The molecule has 0 N–H and O–H groups in total. The van der Waals surface area contributed by atoms with Crippen LogP contribution in [0.3, 0.4) is 0 Å². The molecule has 7 heteroatoms. The summed E-state index contributed by atoms with van der Waals surface area (Å²) in [6.07, 6.45) is 2.43. The third-order valence-electron chi connectivity index (χ3n) is 4.43. The molecule has 0 radical (unpaired) electrons. The van der Waals surface area contributed by atoms with Crippen molar-refractivity contribution >= 4 is 14.5 Å². The highest BCUT2D eigenvalue weighted by Crippen LogP contribution is 2.37. The number of carbonyl (C=O) groups excluding carboxylic acids is 1. The minimum absolute atomic E-state index is 0.128. The van der Waals surface area contributed by atoms with Gasteiger partial charge in [0.2, 0.25) is 0 Å². The maximum absolute atomic E-state index is 10.9. The highest BCUT2D eigenvalue weighted by atomic mass is 28.4. The summed E-state index contributed by atoms with van der Waals surface area (Å²) in [6.45, 7) is 15.4. The lowest BCUT2D eigenvalue weighted by molar-refractivity contribution is -0.145. The molecule has 0 aromatic heterocycles. The van der Waals surface area contributed by atoms with Crippen LogP contribution in [0.2, 0.25) is 18.1 Å². The third kappa shape index (κ3) is 6.20. The molecule has 0 aromatic carbocycles. The second-order valence-electron chi connectivity index (χ2n) is 7.90. The van der Waals surface area contributed by atoms with Crippen LogP contribution in [0.25, 0.3) is 0 Å². The molecule has 1 rings (SSSR count). The summed E-state index contributed by atoms with van der Waals surface area (Å²) in [5.41, 5.74) is 0. The Bertz CT molecular complexity index is 452. The van der Waals surface area contributed by atoms with Gasteiger partial charge in [0.05, 0.1) is 13.7 Å². The molecule has 0 bridgehead atoms. The van der Waals surface area contributed by atoms with E-state index in [-0.39, 0.29) is 23.9 Å². The van der Waals surface area contributed by atoms with E-state index >= 15 is 0 Å². The van der Waals surface area contributed by atoms with Crippen LogP contribution in [-0.4, -0.2) is 52.8 Å². The van der Waals surface area contributed by atoms with Gasteiger partial charge in [0.1, 0.15) is 18.8 Å². The summed E-state index contributed by atoms with van der Waals surface area (Å²) in [5.74, 6) is -0.667. The van der Waals surface area contributed by atoms with Crippen molar-refractivity contribution in [1.29, 1.82) is 0 Å². The van der Waals surface area contributed by atoms with Crippen LogP contribution in [0, 0.1) is 0 Å². The number of methoxy groups -OCH3 is 1. The van der Waals surface area contributed by atoms with E-state index < -0.39 is 20.3 Å². The van der Waals surface area contributed by atoms with Gasteiger partial charge in [-0.05, 0) is 38.1 Å². The van der Waals surface area contributed by atoms with Gasteiger partial charge in [-0.15, -0.1) is 0 Å². The number of carbonyl (C=O) groups is 1. The van der Waals surface area contributed by atoms with Gasteiger partial charge in [-0.25, -0.2) is 4.79 Å². The fourth-order valence-corrected chi connectivity index (χ4v) is 3.04. The van der Waals surface area contributed by atoms with Gasteiger partial charge in [-0.3, -0.25) is 0 Å². The lowest BCUT2D eigenvalue weighted by Gasteiger charge is -2.37. The van der Waals surface area contributed by atoms with E-state index in [1.165, 1.54) is 7.11 Å². The van der Waals surface area contributed by atoms with Crippen LogP contribution < -0.4 is 0 Å². The first-order valence-electron chi connectivity index (χ1n) is 8.25. The molecule has 6 nitrogen and oxygen atoms in total. The first-order chi connectivity index (χ1) is 10.9. The zero-order valence-electron chi connectivity index (χ0n) is 16.2. The van der Waals surface area contributed by atoms with Gasteiger partial charge < -0.3 is 23.4 Å². The van der Waals surface area contributed by atoms with Gasteiger partial charge in [0.15, 0.2) is 14.1 Å². The highest BCUT2D eigenvalue weighted by molar-refractivity contribution is 6.74. The Hall–Kier alpha value is -0.893. The molecule has 24 heavy (non-hydrogen) atoms. The Kier molecular flexibility index (Phi) is 7.04. The monoisotopic (exact) mass is 360 g/mol. The molecule has 1 saturated heterocycles. The molecule has 0 saturated carbocycles. The standard InChI is InChI=1S/C17H32O6Si/c1-16(2,3)24(7,8)21-12-14-13(22-17(4,5)23-14)10-9-11-20-15(18)19-6/h9-10,13-14H,11-12H2,1-8H3/b10-9+/t13-,14-/m0/s1. The predicted octanol–water partition coefficient (Wildman–Crippen LogP) is 3.87. The maximum atomic E-state index is 10.9. The summed E-state index contributed by atoms with van der Waals surface area (Å²) in [4.78, 5) is 10.9. The van der Waals surface area contributed by atoms with Crippen LogP contribution in [-0.2, 0) is 23.4 Å². The predicted molar refractivity (Wildman–Crippen MR) is 94.5 cm³/mol. The summed E-state index contributed by atoms with van der Waals surface area (Å²) in [5, 5.41) is 0.141. The van der Waals surface area contributed by atoms with Crippen molar-refractivity contribution < 1.29 is 28.2 Å². The van der Waals surface area contributed by atoms with Crippen molar-refractivity contribution in [2.75, 3.05) is 20.3 Å². The van der Waals surface area contributed by atoms with E-state index in [4.69, 9.17) is 18.6 Å². The minimum atomic E-state index is -1.85. The fourth-order valence-electron chi connectivity index (χ4n) is 2.03. The molecule has 140 valence electrons. The Morgan fingerprint density at radius 2 is 1.88 bits per heavy atom. The lowest BCUT2D eigenvalue weighted by atomic mass is 10.2. The van der Waals surface area contributed by atoms with Crippen LogP contribution in [0.1, 0.15) is 34.6 Å². The van der Waals surface area contributed by atoms with Crippen LogP contribution in [0.15, 0.2) is 12.2 Å². The average Bonchev–Trinajstić information content (AvgIpc) is 2.74. The number of hydrogen-bond acceptors (Lipinski definition) is 6. The lowest BCUT2D eigenvalue weighted by Crippen LogP contribution is -2.43. The number of ether oxygens (including phenoxy) is 4. The van der Waals surface area contributed by atoms with E-state index in [0.29, 0.717) is 6.61 Å². The van der Waals surface area contributed by atoms with Crippen molar-refractivity contribution in [1.82, 2.24) is 0 Å². The van der Waals surface area contributed by atoms with Crippen LogP contribution in [0.4, 0.5) is 4.79 Å². The minimum Gasteiger partial charge on any atom is -0.438 e.